The van der Waals surface area contributed by atoms with Crippen molar-refractivity contribution in [2.75, 3.05) is 6.54 Å². The van der Waals surface area contributed by atoms with Crippen LogP contribution in [0, 0.1) is 0 Å². The number of ether oxygens (including phenoxy) is 1. The van der Waals surface area contributed by atoms with Gasteiger partial charge in [-0.05, 0) is 32.4 Å². The molecule has 0 aliphatic heterocycles. The molecule has 0 aliphatic rings. The van der Waals surface area contributed by atoms with Gasteiger partial charge in [0, 0.05) is 6.54 Å². The van der Waals surface area contributed by atoms with Gasteiger partial charge < -0.3 is 15.2 Å². The molecule has 1 rings (SSSR count). The average molecular weight is 306 g/mol. The van der Waals surface area contributed by atoms with Gasteiger partial charge in [-0.2, -0.15) is 0 Å². The van der Waals surface area contributed by atoms with Crippen LogP contribution in [0.1, 0.15) is 20.3 Å². The minimum Gasteiger partial charge on any atom is -0.479 e. The molecule has 1 aromatic rings. The number of aliphatic hydroxyl groups excluding tert-OH is 1. The molecule has 0 saturated carbocycles. The van der Waals surface area contributed by atoms with Gasteiger partial charge in [-0.25, -0.2) is 0 Å². The Hall–Kier alpha value is -0.970. The van der Waals surface area contributed by atoms with E-state index in [0.29, 0.717) is 23.7 Å². The van der Waals surface area contributed by atoms with E-state index in [1.165, 1.54) is 0 Å². The summed E-state index contributed by atoms with van der Waals surface area (Å²) in [6.45, 7) is 3.68. The zero-order valence-corrected chi connectivity index (χ0v) is 12.3. The van der Waals surface area contributed by atoms with Gasteiger partial charge in [-0.1, -0.05) is 29.3 Å². The van der Waals surface area contributed by atoms with Crippen molar-refractivity contribution in [2.45, 2.75) is 32.5 Å². The fourth-order valence-corrected chi connectivity index (χ4v) is 1.70. The fourth-order valence-electron chi connectivity index (χ4n) is 1.37. The minimum atomic E-state index is -0.690. The monoisotopic (exact) mass is 305 g/mol. The van der Waals surface area contributed by atoms with E-state index in [9.17, 15) is 4.79 Å². The molecular weight excluding hydrogens is 289 g/mol. The molecule has 1 aromatic carbocycles. The molecule has 6 heteroatoms. The SMILES string of the molecule is CC(O)CCNC(=O)C(C)Oc1cccc(Cl)c1Cl. The average Bonchev–Trinajstić information content (AvgIpc) is 2.34. The van der Waals surface area contributed by atoms with Crippen LogP contribution in [-0.2, 0) is 4.79 Å². The molecule has 0 bridgehead atoms. The van der Waals surface area contributed by atoms with E-state index < -0.39 is 12.2 Å². The predicted molar refractivity (Wildman–Crippen MR) is 75.9 cm³/mol. The molecule has 0 radical (unpaired) electrons. The lowest BCUT2D eigenvalue weighted by Crippen LogP contribution is -2.37. The van der Waals surface area contributed by atoms with Gasteiger partial charge in [0.2, 0.25) is 0 Å². The normalized spacial score (nSPS) is 13.7. The molecular formula is C13H17Cl2NO3. The number of halogens is 2. The Bertz CT molecular complexity index is 438. The first kappa shape index (κ1) is 16.1. The van der Waals surface area contributed by atoms with E-state index in [-0.39, 0.29) is 10.9 Å². The topological polar surface area (TPSA) is 58.6 Å². The zero-order chi connectivity index (χ0) is 14.4. The maximum Gasteiger partial charge on any atom is 0.260 e. The maximum absolute atomic E-state index is 11.7. The smallest absolute Gasteiger partial charge is 0.260 e. The second-order valence-corrected chi connectivity index (χ2v) is 5.03. The highest BCUT2D eigenvalue weighted by Gasteiger charge is 2.16. The van der Waals surface area contributed by atoms with Crippen molar-refractivity contribution in [1.29, 1.82) is 0 Å². The van der Waals surface area contributed by atoms with Crippen LogP contribution >= 0.6 is 23.2 Å². The lowest BCUT2D eigenvalue weighted by Gasteiger charge is -2.16. The second-order valence-electron chi connectivity index (χ2n) is 4.24. The highest BCUT2D eigenvalue weighted by Crippen LogP contribution is 2.31. The van der Waals surface area contributed by atoms with Gasteiger partial charge in [0.15, 0.2) is 6.10 Å². The first-order valence-electron chi connectivity index (χ1n) is 5.98. The lowest BCUT2D eigenvalue weighted by atomic mass is 10.3. The van der Waals surface area contributed by atoms with Crippen LogP contribution in [-0.4, -0.2) is 29.8 Å². The van der Waals surface area contributed by atoms with Crippen LogP contribution in [0.15, 0.2) is 18.2 Å². The maximum atomic E-state index is 11.7. The summed E-state index contributed by atoms with van der Waals surface area (Å²) in [7, 11) is 0. The summed E-state index contributed by atoms with van der Waals surface area (Å²) in [5.41, 5.74) is 0. The van der Waals surface area contributed by atoms with Crippen molar-refractivity contribution >= 4 is 29.1 Å². The van der Waals surface area contributed by atoms with E-state index in [4.69, 9.17) is 33.0 Å². The largest absolute Gasteiger partial charge is 0.479 e. The third-order valence-corrected chi connectivity index (χ3v) is 3.25. The summed E-state index contributed by atoms with van der Waals surface area (Å²) >= 11 is 11.8. The quantitative estimate of drug-likeness (QED) is 0.849. The zero-order valence-electron chi connectivity index (χ0n) is 10.8. The van der Waals surface area contributed by atoms with Crippen molar-refractivity contribution in [1.82, 2.24) is 5.32 Å². The summed E-state index contributed by atoms with van der Waals surface area (Å²) < 4.78 is 5.45. The second kappa shape index (κ2) is 7.58. The molecule has 106 valence electrons. The standard InChI is InChI=1S/C13H17Cl2NO3/c1-8(17)6-7-16-13(18)9(2)19-11-5-3-4-10(14)12(11)15/h3-5,8-9,17H,6-7H2,1-2H3,(H,16,18). The summed E-state index contributed by atoms with van der Waals surface area (Å²) in [6.07, 6.45) is -0.639. The third-order valence-electron chi connectivity index (χ3n) is 2.45. The Labute approximate surface area is 122 Å². The number of hydrogen-bond donors (Lipinski definition) is 2. The van der Waals surface area contributed by atoms with Gasteiger partial charge in [-0.15, -0.1) is 0 Å². The molecule has 0 saturated heterocycles. The van der Waals surface area contributed by atoms with Crippen LogP contribution in [0.4, 0.5) is 0 Å². The molecule has 2 unspecified atom stereocenters. The summed E-state index contributed by atoms with van der Waals surface area (Å²) in [6, 6.07) is 4.99. The van der Waals surface area contributed by atoms with Gasteiger partial charge in [0.25, 0.3) is 5.91 Å². The van der Waals surface area contributed by atoms with E-state index in [0.717, 1.165) is 0 Å². The first-order chi connectivity index (χ1) is 8.91. The highest BCUT2D eigenvalue weighted by molar-refractivity contribution is 6.42. The van der Waals surface area contributed by atoms with Crippen LogP contribution in [0.3, 0.4) is 0 Å². The Balaban J connectivity index is 2.52. The highest BCUT2D eigenvalue weighted by atomic mass is 35.5. The van der Waals surface area contributed by atoms with E-state index in [1.54, 1.807) is 32.0 Å². The van der Waals surface area contributed by atoms with E-state index in [1.807, 2.05) is 0 Å². The van der Waals surface area contributed by atoms with Crippen LogP contribution in [0.5, 0.6) is 5.75 Å². The molecule has 2 N–H and O–H groups in total. The van der Waals surface area contributed by atoms with E-state index in [2.05, 4.69) is 5.32 Å². The molecule has 4 nitrogen and oxygen atoms in total. The van der Waals surface area contributed by atoms with Gasteiger partial charge in [-0.3, -0.25) is 4.79 Å². The predicted octanol–water partition coefficient (Wildman–Crippen LogP) is 2.65. The van der Waals surface area contributed by atoms with Crippen molar-refractivity contribution in [2.24, 2.45) is 0 Å². The Morgan fingerprint density at radius 1 is 1.42 bits per heavy atom. The van der Waals surface area contributed by atoms with Gasteiger partial charge in [0.05, 0.1) is 11.1 Å². The number of rotatable bonds is 6. The van der Waals surface area contributed by atoms with Crippen molar-refractivity contribution in [3.63, 3.8) is 0 Å². The molecule has 2 atom stereocenters. The number of aliphatic hydroxyl groups is 1. The van der Waals surface area contributed by atoms with Crippen LogP contribution in [0.25, 0.3) is 0 Å². The van der Waals surface area contributed by atoms with Gasteiger partial charge in [0.1, 0.15) is 10.8 Å². The van der Waals surface area contributed by atoms with Crippen LogP contribution < -0.4 is 10.1 Å². The number of nitrogens with one attached hydrogen (secondary N) is 1. The molecule has 0 aliphatic carbocycles. The van der Waals surface area contributed by atoms with Gasteiger partial charge >= 0.3 is 0 Å². The Morgan fingerprint density at radius 2 is 2.11 bits per heavy atom. The Morgan fingerprint density at radius 3 is 2.74 bits per heavy atom. The van der Waals surface area contributed by atoms with E-state index >= 15 is 0 Å². The molecule has 0 fully saturated rings. The summed E-state index contributed by atoms with van der Waals surface area (Å²) in [4.78, 5) is 11.7. The number of carbonyl (C=O) groups excluding carboxylic acids is 1. The summed E-state index contributed by atoms with van der Waals surface area (Å²) in [5.74, 6) is 0.101. The minimum absolute atomic E-state index is 0.267. The fraction of sp³-hybridized carbons (Fsp3) is 0.462. The van der Waals surface area contributed by atoms with Crippen molar-refractivity contribution in [3.05, 3.63) is 28.2 Å². The van der Waals surface area contributed by atoms with Crippen molar-refractivity contribution < 1.29 is 14.6 Å². The molecule has 1 amide bonds. The van der Waals surface area contributed by atoms with Crippen molar-refractivity contribution in [3.8, 4) is 5.75 Å². The number of carbonyl (C=O) groups is 1. The third kappa shape index (κ3) is 5.27. The molecule has 19 heavy (non-hydrogen) atoms. The lowest BCUT2D eigenvalue weighted by molar-refractivity contribution is -0.127. The summed E-state index contributed by atoms with van der Waals surface area (Å²) in [5, 5.41) is 12.4. The first-order valence-corrected chi connectivity index (χ1v) is 6.74. The number of hydrogen-bond acceptors (Lipinski definition) is 3. The van der Waals surface area contributed by atoms with Crippen LogP contribution in [0.2, 0.25) is 10.0 Å². The number of benzene rings is 1. The molecule has 0 aromatic heterocycles. The molecule has 0 heterocycles. The Kier molecular flexibility index (Phi) is 6.42. The molecule has 0 spiro atoms. The number of amides is 1.